The normalized spacial score (nSPS) is 18.0. The summed E-state index contributed by atoms with van der Waals surface area (Å²) in [5, 5.41) is 11.7. The van der Waals surface area contributed by atoms with Crippen LogP contribution in [0.4, 0.5) is 10.8 Å². The van der Waals surface area contributed by atoms with E-state index >= 15 is 0 Å². The van der Waals surface area contributed by atoms with Gasteiger partial charge in [0.05, 0.1) is 5.92 Å². The van der Waals surface area contributed by atoms with E-state index in [2.05, 4.69) is 15.5 Å². The minimum Gasteiger partial charge on any atom is -0.312 e. The molecule has 7 heteroatoms. The van der Waals surface area contributed by atoms with E-state index < -0.39 is 0 Å². The molecule has 21 heavy (non-hydrogen) atoms. The zero-order valence-electron chi connectivity index (χ0n) is 11.4. The van der Waals surface area contributed by atoms with E-state index in [0.29, 0.717) is 11.7 Å². The highest BCUT2D eigenvalue weighted by Crippen LogP contribution is 2.26. The molecule has 0 spiro atoms. The number of anilines is 2. The van der Waals surface area contributed by atoms with Crippen molar-refractivity contribution < 1.29 is 9.59 Å². The quantitative estimate of drug-likeness (QED) is 0.938. The molecule has 1 saturated heterocycles. The monoisotopic (exact) mass is 302 g/mol. The molecule has 1 aliphatic rings. The lowest BCUT2D eigenvalue weighted by Crippen LogP contribution is -2.28. The molecule has 1 aromatic heterocycles. The van der Waals surface area contributed by atoms with Crippen LogP contribution < -0.4 is 10.2 Å². The van der Waals surface area contributed by atoms with Crippen molar-refractivity contribution in [3.63, 3.8) is 0 Å². The van der Waals surface area contributed by atoms with Gasteiger partial charge in [0.25, 0.3) is 0 Å². The summed E-state index contributed by atoms with van der Waals surface area (Å²) in [4.78, 5) is 25.9. The molecule has 0 unspecified atom stereocenters. The van der Waals surface area contributed by atoms with Gasteiger partial charge in [-0.1, -0.05) is 29.5 Å². The summed E-state index contributed by atoms with van der Waals surface area (Å²) in [6.07, 6.45) is 0.221. The van der Waals surface area contributed by atoms with Gasteiger partial charge in [-0.2, -0.15) is 0 Å². The molecular weight excluding hydrogens is 288 g/mol. The maximum atomic E-state index is 12.2. The van der Waals surface area contributed by atoms with Crippen LogP contribution in [-0.2, 0) is 9.59 Å². The van der Waals surface area contributed by atoms with Gasteiger partial charge < -0.3 is 10.2 Å². The fourth-order valence-electron chi connectivity index (χ4n) is 2.30. The number of hydrogen-bond donors (Lipinski definition) is 1. The predicted molar refractivity (Wildman–Crippen MR) is 80.2 cm³/mol. The first kappa shape index (κ1) is 13.7. The van der Waals surface area contributed by atoms with Crippen LogP contribution in [0.2, 0.25) is 0 Å². The summed E-state index contributed by atoms with van der Waals surface area (Å²) < 4.78 is 0. The highest BCUT2D eigenvalue weighted by Gasteiger charge is 2.35. The minimum absolute atomic E-state index is 0.0326. The van der Waals surface area contributed by atoms with Crippen LogP contribution in [0.1, 0.15) is 11.4 Å². The summed E-state index contributed by atoms with van der Waals surface area (Å²) in [5.41, 5.74) is 0.824. The number of rotatable bonds is 3. The molecule has 1 fully saturated rings. The Hall–Kier alpha value is -2.28. The first-order valence-corrected chi connectivity index (χ1v) is 7.41. The molecular formula is C14H14N4O2S. The number of carbonyl (C=O) groups is 2. The second-order valence-corrected chi connectivity index (χ2v) is 6.04. The van der Waals surface area contributed by atoms with Crippen molar-refractivity contribution in [3.8, 4) is 0 Å². The number of nitrogens with one attached hydrogen (secondary N) is 1. The molecule has 1 atom stereocenters. The molecule has 1 N–H and O–H groups in total. The third-order valence-electron chi connectivity index (χ3n) is 3.32. The van der Waals surface area contributed by atoms with Crippen LogP contribution >= 0.6 is 11.3 Å². The number of aryl methyl sites for hydroxylation is 1. The van der Waals surface area contributed by atoms with Gasteiger partial charge in [0.2, 0.25) is 16.9 Å². The van der Waals surface area contributed by atoms with Gasteiger partial charge in [0, 0.05) is 18.7 Å². The Labute approximate surface area is 125 Å². The first-order chi connectivity index (χ1) is 10.1. The van der Waals surface area contributed by atoms with Gasteiger partial charge in [-0.15, -0.1) is 10.2 Å². The Kier molecular flexibility index (Phi) is 3.66. The number of hydrogen-bond acceptors (Lipinski definition) is 5. The van der Waals surface area contributed by atoms with Gasteiger partial charge in [0.1, 0.15) is 5.01 Å². The van der Waals surface area contributed by atoms with Gasteiger partial charge in [0.15, 0.2) is 0 Å². The van der Waals surface area contributed by atoms with Crippen LogP contribution in [0.15, 0.2) is 30.3 Å². The average molecular weight is 302 g/mol. The molecule has 0 saturated carbocycles. The fourth-order valence-corrected chi connectivity index (χ4v) is 2.89. The summed E-state index contributed by atoms with van der Waals surface area (Å²) in [5.74, 6) is -0.574. The van der Waals surface area contributed by atoms with Gasteiger partial charge in [-0.05, 0) is 19.1 Å². The van der Waals surface area contributed by atoms with Gasteiger partial charge in [-0.25, -0.2) is 0 Å². The van der Waals surface area contributed by atoms with E-state index in [9.17, 15) is 9.59 Å². The van der Waals surface area contributed by atoms with E-state index in [1.165, 1.54) is 11.3 Å². The first-order valence-electron chi connectivity index (χ1n) is 6.60. The predicted octanol–water partition coefficient (Wildman–Crippen LogP) is 1.84. The molecule has 2 heterocycles. The molecule has 0 radical (unpaired) electrons. The zero-order valence-corrected chi connectivity index (χ0v) is 12.3. The zero-order chi connectivity index (χ0) is 14.8. The summed E-state index contributed by atoms with van der Waals surface area (Å²) >= 11 is 1.32. The second kappa shape index (κ2) is 5.61. The number of benzene rings is 1. The van der Waals surface area contributed by atoms with Crippen LogP contribution in [0.5, 0.6) is 0 Å². The molecule has 2 aromatic rings. The van der Waals surface area contributed by atoms with Crippen molar-refractivity contribution >= 4 is 34.0 Å². The molecule has 108 valence electrons. The van der Waals surface area contributed by atoms with Crippen LogP contribution in [0.25, 0.3) is 0 Å². The van der Waals surface area contributed by atoms with Crippen LogP contribution in [0, 0.1) is 12.8 Å². The molecule has 1 aromatic carbocycles. The minimum atomic E-state index is -0.359. The highest BCUT2D eigenvalue weighted by atomic mass is 32.1. The standard InChI is InChI=1S/C14H14N4O2S/c1-9-16-17-14(21-9)15-13(20)10-7-12(19)18(8-10)11-5-3-2-4-6-11/h2-6,10H,7-8H2,1H3,(H,15,17,20)/t10-/m0/s1. The third kappa shape index (κ3) is 2.92. The van der Waals surface area contributed by atoms with Crippen LogP contribution in [0.3, 0.4) is 0 Å². The highest BCUT2D eigenvalue weighted by molar-refractivity contribution is 7.15. The number of carbonyl (C=O) groups excluding carboxylic acids is 2. The maximum Gasteiger partial charge on any atom is 0.231 e. The molecule has 6 nitrogen and oxygen atoms in total. The van der Waals surface area contributed by atoms with Gasteiger partial charge >= 0.3 is 0 Å². The fraction of sp³-hybridized carbons (Fsp3) is 0.286. The molecule has 0 aliphatic carbocycles. The van der Waals surface area contributed by atoms with E-state index in [-0.39, 0.29) is 24.2 Å². The van der Waals surface area contributed by atoms with Crippen molar-refractivity contribution in [1.29, 1.82) is 0 Å². The maximum absolute atomic E-state index is 12.2. The SMILES string of the molecule is Cc1nnc(NC(=O)[C@H]2CC(=O)N(c3ccccc3)C2)s1. The van der Waals surface area contributed by atoms with Crippen LogP contribution in [-0.4, -0.2) is 28.6 Å². The average Bonchev–Trinajstić information content (AvgIpc) is 3.06. The lowest BCUT2D eigenvalue weighted by molar-refractivity contribution is -0.122. The van der Waals surface area contributed by atoms with Crippen molar-refractivity contribution in [3.05, 3.63) is 35.3 Å². The van der Waals surface area contributed by atoms with Crippen molar-refractivity contribution in [2.75, 3.05) is 16.8 Å². The van der Waals surface area contributed by atoms with E-state index in [0.717, 1.165) is 10.7 Å². The van der Waals surface area contributed by atoms with E-state index in [4.69, 9.17) is 0 Å². The Morgan fingerprint density at radius 1 is 1.33 bits per heavy atom. The summed E-state index contributed by atoms with van der Waals surface area (Å²) in [6.45, 7) is 2.22. The number of amides is 2. The molecule has 1 aliphatic heterocycles. The smallest absolute Gasteiger partial charge is 0.231 e. The Morgan fingerprint density at radius 3 is 2.76 bits per heavy atom. The van der Waals surface area contributed by atoms with E-state index in [1.54, 1.807) is 4.90 Å². The van der Waals surface area contributed by atoms with Crippen molar-refractivity contribution in [1.82, 2.24) is 10.2 Å². The summed E-state index contributed by atoms with van der Waals surface area (Å²) in [6, 6.07) is 9.38. The largest absolute Gasteiger partial charge is 0.312 e. The Morgan fingerprint density at radius 2 is 2.10 bits per heavy atom. The summed E-state index contributed by atoms with van der Waals surface area (Å²) in [7, 11) is 0. The van der Waals surface area contributed by atoms with Crippen molar-refractivity contribution in [2.24, 2.45) is 5.92 Å². The number of para-hydroxylation sites is 1. The topological polar surface area (TPSA) is 75.2 Å². The molecule has 0 bridgehead atoms. The Bertz CT molecular complexity index is 671. The number of nitrogens with zero attached hydrogens (tertiary/aromatic N) is 3. The van der Waals surface area contributed by atoms with E-state index in [1.807, 2.05) is 37.3 Å². The lowest BCUT2D eigenvalue weighted by Gasteiger charge is -2.16. The lowest BCUT2D eigenvalue weighted by atomic mass is 10.1. The molecule has 2 amide bonds. The van der Waals surface area contributed by atoms with Gasteiger partial charge in [-0.3, -0.25) is 9.59 Å². The van der Waals surface area contributed by atoms with Crippen molar-refractivity contribution in [2.45, 2.75) is 13.3 Å². The molecule has 3 rings (SSSR count). The Balaban J connectivity index is 1.68. The second-order valence-electron chi connectivity index (χ2n) is 4.86. The third-order valence-corrected chi connectivity index (χ3v) is 4.07. The number of aromatic nitrogens is 2.